The van der Waals surface area contributed by atoms with Gasteiger partial charge in [0.25, 0.3) is 0 Å². The Hall–Kier alpha value is -2.11. The number of benzene rings is 1. The minimum Gasteiger partial charge on any atom is -0.373 e. The van der Waals surface area contributed by atoms with Crippen molar-refractivity contribution in [2.75, 3.05) is 12.4 Å². The predicted molar refractivity (Wildman–Crippen MR) is 61.6 cm³/mol. The summed E-state index contributed by atoms with van der Waals surface area (Å²) < 4.78 is 39.1. The first-order valence-electron chi connectivity index (χ1n) is 5.19. The summed E-state index contributed by atoms with van der Waals surface area (Å²) in [5, 5.41) is 2.81. The lowest BCUT2D eigenvalue weighted by Gasteiger charge is -2.06. The SMILES string of the molecule is CNc1cc(C)nc(-c2cc(F)c(F)c(F)c2)n1. The van der Waals surface area contributed by atoms with Crippen LogP contribution in [0.25, 0.3) is 11.4 Å². The van der Waals surface area contributed by atoms with E-state index in [9.17, 15) is 13.2 Å². The normalized spacial score (nSPS) is 10.5. The molecule has 6 heteroatoms. The second-order valence-corrected chi connectivity index (χ2v) is 3.72. The Kier molecular flexibility index (Phi) is 3.18. The van der Waals surface area contributed by atoms with Crippen molar-refractivity contribution in [3.05, 3.63) is 41.3 Å². The molecule has 0 spiro atoms. The molecule has 3 nitrogen and oxygen atoms in total. The molecule has 0 aliphatic heterocycles. The lowest BCUT2D eigenvalue weighted by Crippen LogP contribution is -2.00. The van der Waals surface area contributed by atoms with Gasteiger partial charge in [0.05, 0.1) is 0 Å². The molecule has 1 heterocycles. The fourth-order valence-corrected chi connectivity index (χ4v) is 1.51. The van der Waals surface area contributed by atoms with Crippen LogP contribution in [0.15, 0.2) is 18.2 Å². The van der Waals surface area contributed by atoms with Gasteiger partial charge in [-0.2, -0.15) is 0 Å². The van der Waals surface area contributed by atoms with Gasteiger partial charge in [0.1, 0.15) is 5.82 Å². The van der Waals surface area contributed by atoms with E-state index in [1.807, 2.05) is 0 Å². The van der Waals surface area contributed by atoms with Crippen LogP contribution in [0.2, 0.25) is 0 Å². The molecule has 2 aromatic rings. The minimum absolute atomic E-state index is 0.0894. The van der Waals surface area contributed by atoms with Crippen LogP contribution < -0.4 is 5.32 Å². The molecule has 0 saturated heterocycles. The number of rotatable bonds is 2. The molecule has 0 unspecified atom stereocenters. The van der Waals surface area contributed by atoms with E-state index >= 15 is 0 Å². The molecule has 18 heavy (non-hydrogen) atoms. The third-order valence-corrected chi connectivity index (χ3v) is 2.35. The van der Waals surface area contributed by atoms with Crippen molar-refractivity contribution in [3.63, 3.8) is 0 Å². The fourth-order valence-electron chi connectivity index (χ4n) is 1.51. The average molecular weight is 253 g/mol. The molecule has 0 aliphatic carbocycles. The van der Waals surface area contributed by atoms with Gasteiger partial charge in [-0.1, -0.05) is 0 Å². The highest BCUT2D eigenvalue weighted by Crippen LogP contribution is 2.22. The first-order valence-corrected chi connectivity index (χ1v) is 5.19. The maximum Gasteiger partial charge on any atom is 0.194 e. The van der Waals surface area contributed by atoms with Crippen LogP contribution in [0.1, 0.15) is 5.69 Å². The number of anilines is 1. The van der Waals surface area contributed by atoms with Crippen LogP contribution in [-0.2, 0) is 0 Å². The summed E-state index contributed by atoms with van der Waals surface area (Å²) in [5.41, 5.74) is 0.723. The predicted octanol–water partition coefficient (Wildman–Crippen LogP) is 2.91. The van der Waals surface area contributed by atoms with Gasteiger partial charge < -0.3 is 5.32 Å². The first-order chi connectivity index (χ1) is 8.51. The topological polar surface area (TPSA) is 37.8 Å². The molecule has 0 aliphatic rings. The van der Waals surface area contributed by atoms with E-state index in [-0.39, 0.29) is 11.4 Å². The van der Waals surface area contributed by atoms with E-state index in [1.165, 1.54) is 0 Å². The van der Waals surface area contributed by atoms with Gasteiger partial charge in [-0.25, -0.2) is 23.1 Å². The maximum atomic E-state index is 13.1. The van der Waals surface area contributed by atoms with Crippen LogP contribution in [0, 0.1) is 24.4 Å². The molecule has 94 valence electrons. The molecule has 1 aromatic heterocycles. The average Bonchev–Trinajstić information content (AvgIpc) is 2.34. The zero-order chi connectivity index (χ0) is 13.3. The number of aryl methyl sites for hydroxylation is 1. The highest BCUT2D eigenvalue weighted by Gasteiger charge is 2.13. The number of hydrogen-bond donors (Lipinski definition) is 1. The van der Waals surface area contributed by atoms with Crippen molar-refractivity contribution in [2.45, 2.75) is 6.92 Å². The Labute approximate surface area is 102 Å². The second kappa shape index (κ2) is 4.64. The molecular formula is C12H10F3N3. The molecule has 0 bridgehead atoms. The quantitative estimate of drug-likeness (QED) is 0.836. The van der Waals surface area contributed by atoms with Gasteiger partial charge in [-0.05, 0) is 19.1 Å². The van der Waals surface area contributed by atoms with Gasteiger partial charge in [0, 0.05) is 24.4 Å². The van der Waals surface area contributed by atoms with Crippen molar-refractivity contribution in [3.8, 4) is 11.4 Å². The van der Waals surface area contributed by atoms with E-state index < -0.39 is 17.5 Å². The van der Waals surface area contributed by atoms with E-state index in [2.05, 4.69) is 15.3 Å². The maximum absolute atomic E-state index is 13.1. The van der Waals surface area contributed by atoms with Gasteiger partial charge in [-0.15, -0.1) is 0 Å². The summed E-state index contributed by atoms with van der Waals surface area (Å²) >= 11 is 0. The summed E-state index contributed by atoms with van der Waals surface area (Å²) in [5.74, 6) is -3.37. The van der Waals surface area contributed by atoms with Crippen LogP contribution >= 0.6 is 0 Å². The Morgan fingerprint density at radius 2 is 1.61 bits per heavy atom. The van der Waals surface area contributed by atoms with Crippen molar-refractivity contribution in [2.24, 2.45) is 0 Å². The zero-order valence-corrected chi connectivity index (χ0v) is 9.76. The summed E-state index contributed by atoms with van der Waals surface area (Å²) in [4.78, 5) is 8.11. The Bertz CT molecular complexity index is 576. The van der Waals surface area contributed by atoms with Crippen molar-refractivity contribution >= 4 is 5.82 Å². The minimum atomic E-state index is -1.50. The lowest BCUT2D eigenvalue weighted by molar-refractivity contribution is 0.447. The second-order valence-electron chi connectivity index (χ2n) is 3.72. The Morgan fingerprint density at radius 3 is 2.17 bits per heavy atom. The molecule has 2 rings (SSSR count). The highest BCUT2D eigenvalue weighted by atomic mass is 19.2. The largest absolute Gasteiger partial charge is 0.373 e. The smallest absolute Gasteiger partial charge is 0.194 e. The molecule has 0 fully saturated rings. The fraction of sp³-hybridized carbons (Fsp3) is 0.167. The van der Waals surface area contributed by atoms with Crippen LogP contribution in [0.5, 0.6) is 0 Å². The van der Waals surface area contributed by atoms with Gasteiger partial charge in [0.15, 0.2) is 23.3 Å². The molecule has 1 N–H and O–H groups in total. The Balaban J connectivity index is 2.58. The van der Waals surface area contributed by atoms with E-state index in [0.717, 1.165) is 12.1 Å². The molecule has 0 atom stereocenters. The molecule has 0 saturated carbocycles. The molecule has 0 radical (unpaired) electrons. The number of nitrogens with one attached hydrogen (secondary N) is 1. The van der Waals surface area contributed by atoms with Crippen LogP contribution in [0.3, 0.4) is 0 Å². The lowest BCUT2D eigenvalue weighted by atomic mass is 10.2. The van der Waals surface area contributed by atoms with Crippen LogP contribution in [-0.4, -0.2) is 17.0 Å². The zero-order valence-electron chi connectivity index (χ0n) is 9.76. The van der Waals surface area contributed by atoms with E-state index in [4.69, 9.17) is 0 Å². The molecular weight excluding hydrogens is 243 g/mol. The number of hydrogen-bond acceptors (Lipinski definition) is 3. The summed E-state index contributed by atoms with van der Waals surface area (Å²) in [7, 11) is 1.66. The number of halogens is 3. The summed E-state index contributed by atoms with van der Waals surface area (Å²) in [6.45, 7) is 1.72. The number of aromatic nitrogens is 2. The van der Waals surface area contributed by atoms with Crippen molar-refractivity contribution in [1.82, 2.24) is 9.97 Å². The van der Waals surface area contributed by atoms with Crippen molar-refractivity contribution in [1.29, 1.82) is 0 Å². The highest BCUT2D eigenvalue weighted by molar-refractivity contribution is 5.57. The standard InChI is InChI=1S/C12H10F3N3/c1-6-3-10(16-2)18-12(17-6)7-4-8(13)11(15)9(14)5-7/h3-5H,1-2H3,(H,16,17,18). The third-order valence-electron chi connectivity index (χ3n) is 2.35. The molecule has 1 aromatic carbocycles. The van der Waals surface area contributed by atoms with Crippen LogP contribution in [0.4, 0.5) is 19.0 Å². The third kappa shape index (κ3) is 2.27. The Morgan fingerprint density at radius 1 is 1.00 bits per heavy atom. The van der Waals surface area contributed by atoms with Gasteiger partial charge >= 0.3 is 0 Å². The van der Waals surface area contributed by atoms with Gasteiger partial charge in [0.2, 0.25) is 0 Å². The number of nitrogens with zero attached hydrogens (tertiary/aromatic N) is 2. The van der Waals surface area contributed by atoms with Gasteiger partial charge in [-0.3, -0.25) is 0 Å². The monoisotopic (exact) mass is 253 g/mol. The summed E-state index contributed by atoms with van der Waals surface area (Å²) in [6.07, 6.45) is 0. The first kappa shape index (κ1) is 12.3. The van der Waals surface area contributed by atoms with E-state index in [0.29, 0.717) is 11.5 Å². The van der Waals surface area contributed by atoms with E-state index in [1.54, 1.807) is 20.0 Å². The molecule has 0 amide bonds. The van der Waals surface area contributed by atoms with Crippen molar-refractivity contribution < 1.29 is 13.2 Å². The summed E-state index contributed by atoms with van der Waals surface area (Å²) in [6, 6.07) is 3.42.